The third kappa shape index (κ3) is 24.8. The first-order valence-electron chi connectivity index (χ1n) is 51.4. The SMILES string of the molecule is C.C.C.CCCCNc1ncc2c(-c3ccc(F)cc3)nn(CC3CCC(C)CC3)c2n1.CCCCNc1ncc2c(-c3ccc(S(=O)(=O)N4CCCCC4)cc3)nn(C3CCC(O)CC3)c2n1.CCCCNc1ncc2c(-c3ccc(S(=O)(=O)N4CCCCC4)cc3)nn(C3CCC(O)CC3)c2n1.Nc1nc(Nc2ccc3c(c2)CC[C@@H](N2CCCC2)CC3)nn1-c1cc2c(nn1)-c1ccccc1CCC2. The van der Waals surface area contributed by atoms with E-state index in [0.29, 0.717) is 83.5 Å². The average Bonchev–Trinajstić information content (AvgIpc) is 1.62. The summed E-state index contributed by atoms with van der Waals surface area (Å²) < 4.78 is 76.5. The number of aliphatic hydroxyl groups excluding tert-OH is 2. The van der Waals surface area contributed by atoms with Crippen molar-refractivity contribution in [1.29, 1.82) is 0 Å². The lowest BCUT2D eigenvalue weighted by Gasteiger charge is -2.26. The summed E-state index contributed by atoms with van der Waals surface area (Å²) in [5.41, 5.74) is 22.1. The fourth-order valence-corrected chi connectivity index (χ4v) is 24.0. The van der Waals surface area contributed by atoms with Crippen LogP contribution < -0.4 is 27.0 Å². The van der Waals surface area contributed by atoms with Crippen LogP contribution in [0, 0.1) is 17.7 Å². The number of halogens is 1. The number of anilines is 6. The third-order valence-electron chi connectivity index (χ3n) is 29.2. The predicted octanol–water partition coefficient (Wildman–Crippen LogP) is 21.2. The Morgan fingerprint density at radius 2 is 0.894 bits per heavy atom. The van der Waals surface area contributed by atoms with Crippen LogP contribution in [0.25, 0.3) is 83.9 Å². The maximum Gasteiger partial charge on any atom is 0.248 e. The molecule has 5 aliphatic carbocycles. The van der Waals surface area contributed by atoms with Crippen molar-refractivity contribution < 1.29 is 31.4 Å². The molecule has 3 saturated carbocycles. The monoisotopic (exact) mass is 1970 g/mol. The minimum atomic E-state index is -3.49. The van der Waals surface area contributed by atoms with E-state index in [1.165, 1.54) is 104 Å². The number of nitrogen functional groups attached to an aromatic ring is 1. The van der Waals surface area contributed by atoms with E-state index in [2.05, 4.69) is 138 Å². The highest BCUT2D eigenvalue weighted by molar-refractivity contribution is 7.89. The van der Waals surface area contributed by atoms with Crippen LogP contribution in [-0.2, 0) is 52.3 Å². The molecule has 0 spiro atoms. The van der Waals surface area contributed by atoms with Gasteiger partial charge in [0.05, 0.1) is 55.9 Å². The molecule has 6 fully saturated rings. The molecular formula is C108H148FN25O6S2. The molecule has 0 unspecified atom stereocenters. The van der Waals surface area contributed by atoms with Crippen LogP contribution in [0.3, 0.4) is 0 Å². The number of likely N-dealkylation sites (tertiary alicyclic amines) is 1. The first-order chi connectivity index (χ1) is 67.8. The highest BCUT2D eigenvalue weighted by Gasteiger charge is 2.34. The van der Waals surface area contributed by atoms with Gasteiger partial charge in [-0.3, -0.25) is 0 Å². The van der Waals surface area contributed by atoms with Crippen LogP contribution in [-0.4, -0.2) is 202 Å². The number of aliphatic hydroxyl groups is 2. The number of fused-ring (bicyclic) bond motifs is 7. The number of nitrogens with two attached hydrogens (primary N) is 1. The highest BCUT2D eigenvalue weighted by atomic mass is 32.2. The zero-order valence-corrected chi connectivity index (χ0v) is 82.6. The molecule has 8 aromatic heterocycles. The second-order valence-corrected chi connectivity index (χ2v) is 43.0. The van der Waals surface area contributed by atoms with Crippen LogP contribution in [0.2, 0.25) is 0 Å². The normalized spacial score (nSPS) is 20.1. The van der Waals surface area contributed by atoms with E-state index in [-0.39, 0.29) is 52.4 Å². The Morgan fingerprint density at radius 1 is 0.430 bits per heavy atom. The Labute approximate surface area is 837 Å². The number of piperidine rings is 2. The van der Waals surface area contributed by atoms with Crippen molar-refractivity contribution in [1.82, 2.24) is 97.7 Å². The van der Waals surface area contributed by atoms with Gasteiger partial charge in [-0.15, -0.1) is 15.3 Å². The quantitative estimate of drug-likeness (QED) is 0.0186. The van der Waals surface area contributed by atoms with E-state index in [0.717, 1.165) is 271 Å². The Balaban J connectivity index is 0.000000142. The van der Waals surface area contributed by atoms with E-state index >= 15 is 0 Å². The van der Waals surface area contributed by atoms with E-state index in [1.807, 2.05) is 56.9 Å². The summed E-state index contributed by atoms with van der Waals surface area (Å²) in [7, 11) is -6.97. The number of hydrogen-bond acceptors (Lipinski definition) is 25. The van der Waals surface area contributed by atoms with Crippen LogP contribution in [0.5, 0.6) is 0 Å². The molecular weight excluding hydrogens is 1830 g/mol. The Hall–Kier alpha value is -11.4. The number of rotatable bonds is 27. The van der Waals surface area contributed by atoms with Gasteiger partial charge >= 0.3 is 0 Å². The van der Waals surface area contributed by atoms with Gasteiger partial charge in [-0.1, -0.05) is 150 Å². The van der Waals surface area contributed by atoms with Crippen molar-refractivity contribution in [3.63, 3.8) is 0 Å². The molecule has 21 rings (SSSR count). The number of nitrogens with one attached hydrogen (secondary N) is 4. The summed E-state index contributed by atoms with van der Waals surface area (Å²) in [4.78, 5) is 35.8. The molecule has 13 aromatic rings. The maximum absolute atomic E-state index is 13.4. The fourth-order valence-electron chi connectivity index (χ4n) is 21.0. The van der Waals surface area contributed by atoms with Gasteiger partial charge in [0.2, 0.25) is 49.8 Å². The van der Waals surface area contributed by atoms with E-state index in [9.17, 15) is 31.4 Å². The maximum atomic E-state index is 13.4. The molecule has 3 aliphatic heterocycles. The largest absolute Gasteiger partial charge is 0.393 e. The second kappa shape index (κ2) is 48.8. The number of unbranched alkanes of at least 4 members (excludes halogenated alkanes) is 3. The van der Waals surface area contributed by atoms with Crippen molar-refractivity contribution in [2.45, 2.75) is 309 Å². The predicted molar refractivity (Wildman–Crippen MR) is 566 cm³/mol. The lowest BCUT2D eigenvalue weighted by Crippen LogP contribution is -2.35. The van der Waals surface area contributed by atoms with Gasteiger partial charge < -0.3 is 42.1 Å². The van der Waals surface area contributed by atoms with Crippen molar-refractivity contribution >= 4 is 88.6 Å². The molecule has 8 N–H and O–H groups in total. The van der Waals surface area contributed by atoms with Gasteiger partial charge in [-0.25, -0.2) is 50.2 Å². The van der Waals surface area contributed by atoms with Gasteiger partial charge in [0.25, 0.3) is 0 Å². The van der Waals surface area contributed by atoms with Gasteiger partial charge in [-0.05, 0) is 281 Å². The molecule has 11 heterocycles. The smallest absolute Gasteiger partial charge is 0.248 e. The summed E-state index contributed by atoms with van der Waals surface area (Å²) >= 11 is 0. The number of aromatic nitrogens is 17. The van der Waals surface area contributed by atoms with Crippen molar-refractivity contribution in [3.05, 3.63) is 168 Å². The molecule has 0 radical (unpaired) electrons. The number of sulfonamides is 2. The van der Waals surface area contributed by atoms with Crippen LogP contribution >= 0.6 is 0 Å². The molecule has 34 heteroatoms. The van der Waals surface area contributed by atoms with Crippen molar-refractivity contribution in [2.75, 3.05) is 85.9 Å². The lowest BCUT2D eigenvalue weighted by atomic mass is 9.83. The van der Waals surface area contributed by atoms with E-state index in [4.69, 9.17) is 36.0 Å². The molecule has 5 aromatic carbocycles. The Kier molecular flexibility index (Phi) is 36.0. The molecule has 0 bridgehead atoms. The fraction of sp³-hybridized carbons (Fsp3) is 0.528. The molecule has 142 heavy (non-hydrogen) atoms. The summed E-state index contributed by atoms with van der Waals surface area (Å²) in [6.07, 6.45) is 39.2. The number of aryl methyl sites for hydroxylation is 4. The zero-order valence-electron chi connectivity index (χ0n) is 81.0. The number of nitrogens with zero attached hydrogens (tertiary/aromatic N) is 20. The van der Waals surface area contributed by atoms with Crippen LogP contribution in [0.1, 0.15) is 271 Å². The van der Waals surface area contributed by atoms with Crippen LogP contribution in [0.15, 0.2) is 150 Å². The summed E-state index contributed by atoms with van der Waals surface area (Å²) in [5.74, 6) is 4.38. The Morgan fingerprint density at radius 3 is 1.41 bits per heavy atom. The minimum absolute atomic E-state index is 0. The van der Waals surface area contributed by atoms with Gasteiger partial charge in [0, 0.05) is 105 Å². The van der Waals surface area contributed by atoms with E-state index < -0.39 is 20.0 Å². The van der Waals surface area contributed by atoms with Gasteiger partial charge in [-0.2, -0.15) is 48.5 Å². The third-order valence-corrected chi connectivity index (χ3v) is 33.0. The number of hydrogen-bond donors (Lipinski definition) is 7. The van der Waals surface area contributed by atoms with Gasteiger partial charge in [0.15, 0.2) is 22.8 Å². The number of benzene rings is 5. The summed E-state index contributed by atoms with van der Waals surface area (Å²) in [6.45, 7) is 17.0. The minimum Gasteiger partial charge on any atom is -0.393 e. The molecule has 8 aliphatic rings. The highest BCUT2D eigenvalue weighted by Crippen LogP contribution is 2.41. The van der Waals surface area contributed by atoms with Crippen molar-refractivity contribution in [3.8, 4) is 50.8 Å². The molecule has 31 nitrogen and oxygen atoms in total. The van der Waals surface area contributed by atoms with E-state index in [1.54, 1.807) is 49.7 Å². The van der Waals surface area contributed by atoms with Crippen LogP contribution in [0.4, 0.5) is 39.8 Å². The Bertz CT molecular complexity index is 6330. The second-order valence-electron chi connectivity index (χ2n) is 39.2. The van der Waals surface area contributed by atoms with Gasteiger partial charge in [0.1, 0.15) is 22.9 Å². The molecule has 3 saturated heterocycles. The molecule has 0 amide bonds. The molecule has 760 valence electrons. The van der Waals surface area contributed by atoms with Crippen molar-refractivity contribution in [2.24, 2.45) is 11.8 Å². The zero-order chi connectivity index (χ0) is 95.9. The molecule has 1 atom stereocenters. The standard InChI is InChI=1S/C30H34N8.2C26H36N6O3S.C23H30FN5.3CH4/c31-29-33-30(32-24-13-10-20-11-14-25(15-12-22(20)18-24)37-16-3-4-17-37)36-38(29)27-19-23-8-5-7-21-6-1-2-9-26(21)28(23)35-34-27;2*1-2-3-15-27-26-28-18-23-24(30-32(25(23)29-26)20-9-11-21(33)12-10-20)19-7-13-22(14-8-19)36(34,35)31-16-5-4-6-17-31;1-3-4-13-25-23-26-14-20-21(18-9-11-19(24)12-10-18)28-29(22(20)27-23)15-17-7-5-16(2)6-8-17;;;/h1-2,6,9-10,13,18-19,25H,3-5,7-8,11-12,14-17H2,(H3,31,32,33,36);2*7-8,13-14,18,20-21,33H,2-6,9-12,15-17H2,1H3,(H,27,28,29);9-12,14,16-17H,3-8,13,15H2,1-2H3,(H,25,26,27);3*1H4/t25-;;;;;;/m0....../s1. The average molecular weight is 1980 g/mol. The first kappa shape index (κ1) is 105. The summed E-state index contributed by atoms with van der Waals surface area (Å²) in [6, 6.07) is 38.8. The lowest BCUT2D eigenvalue weighted by molar-refractivity contribution is 0.108. The first-order valence-corrected chi connectivity index (χ1v) is 54.3. The summed E-state index contributed by atoms with van der Waals surface area (Å²) in [5, 5.41) is 64.5. The topological polar surface area (TPSA) is 380 Å².